The molecule has 0 aromatic carbocycles. The van der Waals surface area contributed by atoms with Gasteiger partial charge < -0.3 is 16.0 Å². The molecule has 0 radical (unpaired) electrons. The zero-order valence-electron chi connectivity index (χ0n) is 8.94. The quantitative estimate of drug-likeness (QED) is 0.628. The van der Waals surface area contributed by atoms with Gasteiger partial charge in [-0.25, -0.2) is 4.79 Å². The molecule has 0 aliphatic carbocycles. The van der Waals surface area contributed by atoms with Crippen molar-refractivity contribution in [2.45, 2.75) is 38.6 Å². The molecule has 1 fully saturated rings. The van der Waals surface area contributed by atoms with Crippen LogP contribution in [0, 0.1) is 0 Å². The van der Waals surface area contributed by atoms with E-state index in [2.05, 4.69) is 16.0 Å². The van der Waals surface area contributed by atoms with Gasteiger partial charge in [-0.1, -0.05) is 13.3 Å². The van der Waals surface area contributed by atoms with E-state index < -0.39 is 0 Å². The van der Waals surface area contributed by atoms with Crippen LogP contribution in [0.15, 0.2) is 0 Å². The van der Waals surface area contributed by atoms with Crippen molar-refractivity contribution >= 4 is 6.03 Å². The summed E-state index contributed by atoms with van der Waals surface area (Å²) in [7, 11) is 0. The Morgan fingerprint density at radius 1 is 1.43 bits per heavy atom. The fourth-order valence-corrected chi connectivity index (χ4v) is 1.62. The van der Waals surface area contributed by atoms with Gasteiger partial charge in [0.1, 0.15) is 0 Å². The van der Waals surface area contributed by atoms with Crippen LogP contribution in [-0.4, -0.2) is 31.7 Å². The molecule has 1 aliphatic heterocycles. The third-order valence-electron chi connectivity index (χ3n) is 2.46. The molecule has 1 saturated heterocycles. The van der Waals surface area contributed by atoms with E-state index >= 15 is 0 Å². The molecule has 1 heterocycles. The van der Waals surface area contributed by atoms with Crippen molar-refractivity contribution in [2.24, 2.45) is 0 Å². The highest BCUT2D eigenvalue weighted by molar-refractivity contribution is 5.73. The highest BCUT2D eigenvalue weighted by atomic mass is 16.2. The second-order valence-electron chi connectivity index (χ2n) is 3.78. The number of carbonyl (C=O) groups excluding carboxylic acids is 1. The van der Waals surface area contributed by atoms with Gasteiger partial charge in [-0.15, -0.1) is 0 Å². The summed E-state index contributed by atoms with van der Waals surface area (Å²) < 4.78 is 0. The fraction of sp³-hybridized carbons (Fsp3) is 0.900. The lowest BCUT2D eigenvalue weighted by Gasteiger charge is -2.23. The summed E-state index contributed by atoms with van der Waals surface area (Å²) in [6.07, 6.45) is 4.69. The number of rotatable bonds is 4. The van der Waals surface area contributed by atoms with Crippen LogP contribution in [-0.2, 0) is 0 Å². The van der Waals surface area contributed by atoms with Crippen LogP contribution in [0.1, 0.15) is 32.6 Å². The smallest absolute Gasteiger partial charge is 0.314 e. The molecular formula is C10H21N3O. The predicted octanol–water partition coefficient (Wildman–Crippen LogP) is 0.838. The standard InChI is InChI=1S/C10H21N3O/c1-2-6-12-10(14)13-8-9-5-3-4-7-11-9/h9,11H,2-8H2,1H3,(H2,12,13,14). The topological polar surface area (TPSA) is 53.2 Å². The van der Waals surface area contributed by atoms with Gasteiger partial charge in [-0.05, 0) is 25.8 Å². The minimum Gasteiger partial charge on any atom is -0.338 e. The lowest BCUT2D eigenvalue weighted by molar-refractivity contribution is 0.238. The van der Waals surface area contributed by atoms with E-state index in [0.29, 0.717) is 6.04 Å². The second kappa shape index (κ2) is 6.65. The summed E-state index contributed by atoms with van der Waals surface area (Å²) in [6.45, 7) is 4.63. The fourth-order valence-electron chi connectivity index (χ4n) is 1.62. The molecule has 1 rings (SSSR count). The Kier molecular flexibility index (Phi) is 5.37. The van der Waals surface area contributed by atoms with Crippen molar-refractivity contribution in [1.82, 2.24) is 16.0 Å². The zero-order valence-corrected chi connectivity index (χ0v) is 8.94. The molecule has 4 heteroatoms. The van der Waals surface area contributed by atoms with Gasteiger partial charge in [-0.2, -0.15) is 0 Å². The van der Waals surface area contributed by atoms with Crippen molar-refractivity contribution < 1.29 is 4.79 Å². The maximum atomic E-state index is 11.2. The van der Waals surface area contributed by atoms with Gasteiger partial charge in [0.2, 0.25) is 0 Å². The Hall–Kier alpha value is -0.770. The van der Waals surface area contributed by atoms with Crippen molar-refractivity contribution in [1.29, 1.82) is 0 Å². The molecule has 0 spiro atoms. The first-order valence-electron chi connectivity index (χ1n) is 5.58. The minimum absolute atomic E-state index is 0.0424. The molecule has 1 unspecified atom stereocenters. The molecule has 0 bridgehead atoms. The highest BCUT2D eigenvalue weighted by Crippen LogP contribution is 2.05. The Balaban J connectivity index is 2.03. The van der Waals surface area contributed by atoms with E-state index in [9.17, 15) is 4.79 Å². The first-order chi connectivity index (χ1) is 6.83. The average molecular weight is 199 g/mol. The molecule has 2 amide bonds. The number of urea groups is 1. The SMILES string of the molecule is CCCNC(=O)NCC1CCCCN1. The molecule has 0 aromatic rings. The highest BCUT2D eigenvalue weighted by Gasteiger charge is 2.12. The van der Waals surface area contributed by atoms with E-state index in [1.54, 1.807) is 0 Å². The molecule has 1 atom stereocenters. The van der Waals surface area contributed by atoms with E-state index in [-0.39, 0.29) is 6.03 Å². The van der Waals surface area contributed by atoms with Crippen LogP contribution in [0.2, 0.25) is 0 Å². The summed E-state index contributed by atoms with van der Waals surface area (Å²) in [5, 5.41) is 9.06. The van der Waals surface area contributed by atoms with Crippen molar-refractivity contribution in [2.75, 3.05) is 19.6 Å². The Bertz CT molecular complexity index is 167. The summed E-state index contributed by atoms with van der Waals surface area (Å²) in [4.78, 5) is 11.2. The molecule has 14 heavy (non-hydrogen) atoms. The normalized spacial score (nSPS) is 21.6. The largest absolute Gasteiger partial charge is 0.338 e. The molecule has 3 N–H and O–H groups in total. The van der Waals surface area contributed by atoms with Gasteiger partial charge in [0.25, 0.3) is 0 Å². The number of hydrogen-bond acceptors (Lipinski definition) is 2. The summed E-state index contributed by atoms with van der Waals surface area (Å²) >= 11 is 0. The van der Waals surface area contributed by atoms with Crippen molar-refractivity contribution in [3.8, 4) is 0 Å². The lowest BCUT2D eigenvalue weighted by Crippen LogP contribution is -2.46. The Morgan fingerprint density at radius 3 is 2.93 bits per heavy atom. The van der Waals surface area contributed by atoms with Gasteiger partial charge in [0.15, 0.2) is 0 Å². The Labute approximate surface area is 85.8 Å². The summed E-state index contributed by atoms with van der Waals surface area (Å²) in [6, 6.07) is 0.426. The monoisotopic (exact) mass is 199 g/mol. The van der Waals surface area contributed by atoms with Gasteiger partial charge in [0, 0.05) is 19.1 Å². The van der Waals surface area contributed by atoms with Gasteiger partial charge >= 0.3 is 6.03 Å². The average Bonchev–Trinajstić information content (AvgIpc) is 2.25. The number of carbonyl (C=O) groups is 1. The third kappa shape index (κ3) is 4.46. The third-order valence-corrected chi connectivity index (χ3v) is 2.46. The van der Waals surface area contributed by atoms with E-state index in [1.165, 1.54) is 19.3 Å². The van der Waals surface area contributed by atoms with Crippen LogP contribution in [0.4, 0.5) is 4.79 Å². The van der Waals surface area contributed by atoms with E-state index in [0.717, 1.165) is 26.1 Å². The zero-order chi connectivity index (χ0) is 10.2. The van der Waals surface area contributed by atoms with Gasteiger partial charge in [0.05, 0.1) is 0 Å². The van der Waals surface area contributed by atoms with Crippen LogP contribution in [0.5, 0.6) is 0 Å². The predicted molar refractivity (Wildman–Crippen MR) is 57.3 cm³/mol. The van der Waals surface area contributed by atoms with Crippen LogP contribution < -0.4 is 16.0 Å². The molecule has 4 nitrogen and oxygen atoms in total. The molecule has 0 aromatic heterocycles. The first-order valence-corrected chi connectivity index (χ1v) is 5.58. The lowest BCUT2D eigenvalue weighted by atomic mass is 10.1. The van der Waals surface area contributed by atoms with Crippen molar-refractivity contribution in [3.05, 3.63) is 0 Å². The Morgan fingerprint density at radius 2 is 2.29 bits per heavy atom. The maximum absolute atomic E-state index is 11.2. The molecule has 1 aliphatic rings. The van der Waals surface area contributed by atoms with Crippen molar-refractivity contribution in [3.63, 3.8) is 0 Å². The second-order valence-corrected chi connectivity index (χ2v) is 3.78. The van der Waals surface area contributed by atoms with Crippen LogP contribution in [0.3, 0.4) is 0 Å². The van der Waals surface area contributed by atoms with E-state index in [1.807, 2.05) is 6.92 Å². The number of piperidine rings is 1. The van der Waals surface area contributed by atoms with Gasteiger partial charge in [-0.3, -0.25) is 0 Å². The number of amides is 2. The van der Waals surface area contributed by atoms with E-state index in [4.69, 9.17) is 0 Å². The maximum Gasteiger partial charge on any atom is 0.314 e. The number of hydrogen-bond donors (Lipinski definition) is 3. The van der Waals surface area contributed by atoms with Crippen LogP contribution >= 0.6 is 0 Å². The van der Waals surface area contributed by atoms with Crippen LogP contribution in [0.25, 0.3) is 0 Å². The first kappa shape index (κ1) is 11.3. The molecular weight excluding hydrogens is 178 g/mol. The minimum atomic E-state index is -0.0424. The number of nitrogens with one attached hydrogen (secondary N) is 3. The summed E-state index contributed by atoms with van der Waals surface area (Å²) in [5.74, 6) is 0. The molecule has 82 valence electrons. The summed E-state index contributed by atoms with van der Waals surface area (Å²) in [5.41, 5.74) is 0. The molecule has 0 saturated carbocycles.